The zero-order valence-corrected chi connectivity index (χ0v) is 12.2. The van der Waals surface area contributed by atoms with Crippen molar-refractivity contribution in [2.24, 2.45) is 7.05 Å². The lowest BCUT2D eigenvalue weighted by Crippen LogP contribution is -2.04. The van der Waals surface area contributed by atoms with Crippen molar-refractivity contribution in [2.75, 3.05) is 0 Å². The second-order valence-electron chi connectivity index (χ2n) is 4.52. The number of benzene rings is 1. The van der Waals surface area contributed by atoms with Gasteiger partial charge < -0.3 is 4.98 Å². The number of aromatic nitrogens is 4. The minimum absolute atomic E-state index is 0.636. The molecule has 3 rings (SSSR count). The Morgan fingerprint density at radius 2 is 2.11 bits per heavy atom. The van der Waals surface area contributed by atoms with Crippen LogP contribution in [0.4, 0.5) is 0 Å². The van der Waals surface area contributed by atoms with Gasteiger partial charge in [-0.25, -0.2) is 0 Å². The van der Waals surface area contributed by atoms with Gasteiger partial charge in [0.2, 0.25) is 0 Å². The van der Waals surface area contributed by atoms with Gasteiger partial charge in [-0.05, 0) is 30.8 Å². The fourth-order valence-electron chi connectivity index (χ4n) is 2.32. The third-order valence-electron chi connectivity index (χ3n) is 3.21. The van der Waals surface area contributed by atoms with Crippen LogP contribution in [0.1, 0.15) is 11.3 Å². The third-order valence-corrected chi connectivity index (χ3v) is 3.90. The van der Waals surface area contributed by atoms with E-state index >= 15 is 0 Å². The van der Waals surface area contributed by atoms with E-state index in [1.807, 2.05) is 47.5 Å². The quantitative estimate of drug-likeness (QED) is 0.735. The van der Waals surface area contributed by atoms with Crippen molar-refractivity contribution < 1.29 is 0 Å². The maximum atomic E-state index is 6.21. The minimum Gasteiger partial charge on any atom is -0.328 e. The Labute approximate surface area is 120 Å². The molecule has 98 valence electrons. The fourth-order valence-corrected chi connectivity index (χ4v) is 2.76. The smallest absolute Gasteiger partial charge is 0.179 e. The molecular weight excluding hydrogens is 280 g/mol. The Morgan fingerprint density at radius 1 is 1.37 bits per heavy atom. The van der Waals surface area contributed by atoms with E-state index in [2.05, 4.69) is 10.1 Å². The van der Waals surface area contributed by atoms with Crippen LogP contribution in [0.25, 0.3) is 11.2 Å². The molecule has 0 unspecified atom stereocenters. The molecule has 2 aromatic heterocycles. The van der Waals surface area contributed by atoms with Crippen molar-refractivity contribution in [3.63, 3.8) is 0 Å². The van der Waals surface area contributed by atoms with Crippen LogP contribution >= 0.6 is 23.8 Å². The van der Waals surface area contributed by atoms with E-state index in [1.165, 1.54) is 0 Å². The number of hydrogen-bond acceptors (Lipinski definition) is 2. The molecule has 1 aromatic carbocycles. The first-order valence-electron chi connectivity index (χ1n) is 5.93. The molecule has 0 atom stereocenters. The minimum atomic E-state index is 0.636. The molecule has 2 heterocycles. The number of imidazole rings is 1. The summed E-state index contributed by atoms with van der Waals surface area (Å²) >= 11 is 11.6. The Balaban J connectivity index is 2.18. The van der Waals surface area contributed by atoms with Crippen molar-refractivity contribution in [1.82, 2.24) is 19.3 Å². The van der Waals surface area contributed by atoms with Crippen LogP contribution < -0.4 is 0 Å². The first kappa shape index (κ1) is 12.4. The SMILES string of the molecule is Cc1nn(C)c2c1[nH]c(=S)n2Cc1ccccc1Cl. The summed E-state index contributed by atoms with van der Waals surface area (Å²) in [6.07, 6.45) is 0. The molecule has 0 aliphatic rings. The molecule has 19 heavy (non-hydrogen) atoms. The van der Waals surface area contributed by atoms with Gasteiger partial charge in [0.05, 0.1) is 12.2 Å². The molecule has 0 fully saturated rings. The molecule has 0 aliphatic heterocycles. The molecule has 0 amide bonds. The molecule has 0 bridgehead atoms. The van der Waals surface area contributed by atoms with Crippen LogP contribution in [-0.4, -0.2) is 19.3 Å². The van der Waals surface area contributed by atoms with Crippen LogP contribution in [-0.2, 0) is 13.6 Å². The fraction of sp³-hybridized carbons (Fsp3) is 0.231. The molecule has 0 saturated heterocycles. The van der Waals surface area contributed by atoms with Gasteiger partial charge in [0.25, 0.3) is 0 Å². The topological polar surface area (TPSA) is 38.5 Å². The maximum Gasteiger partial charge on any atom is 0.179 e. The van der Waals surface area contributed by atoms with Crippen molar-refractivity contribution in [2.45, 2.75) is 13.5 Å². The summed E-state index contributed by atoms with van der Waals surface area (Å²) in [7, 11) is 1.92. The zero-order valence-electron chi connectivity index (χ0n) is 10.6. The zero-order chi connectivity index (χ0) is 13.6. The highest BCUT2D eigenvalue weighted by Gasteiger charge is 2.13. The van der Waals surface area contributed by atoms with Gasteiger partial charge in [-0.1, -0.05) is 29.8 Å². The van der Waals surface area contributed by atoms with Crippen molar-refractivity contribution in [3.8, 4) is 0 Å². The Morgan fingerprint density at radius 3 is 2.84 bits per heavy atom. The van der Waals surface area contributed by atoms with Crippen LogP contribution in [0.3, 0.4) is 0 Å². The third kappa shape index (κ3) is 1.99. The lowest BCUT2D eigenvalue weighted by atomic mass is 10.2. The largest absolute Gasteiger partial charge is 0.328 e. The van der Waals surface area contributed by atoms with Gasteiger partial charge in [-0.3, -0.25) is 9.25 Å². The average molecular weight is 293 g/mol. The van der Waals surface area contributed by atoms with E-state index in [0.29, 0.717) is 11.3 Å². The summed E-state index contributed by atoms with van der Waals surface area (Å²) in [5, 5.41) is 5.15. The molecule has 4 nitrogen and oxygen atoms in total. The van der Waals surface area contributed by atoms with E-state index in [0.717, 1.165) is 27.4 Å². The second kappa shape index (κ2) is 4.51. The molecule has 6 heteroatoms. The summed E-state index contributed by atoms with van der Waals surface area (Å²) in [5.41, 5.74) is 3.96. The van der Waals surface area contributed by atoms with E-state index in [-0.39, 0.29) is 0 Å². The highest BCUT2D eigenvalue weighted by molar-refractivity contribution is 7.71. The molecular formula is C13H13ClN4S. The second-order valence-corrected chi connectivity index (χ2v) is 5.31. The van der Waals surface area contributed by atoms with Crippen LogP contribution in [0, 0.1) is 11.7 Å². The molecule has 1 N–H and O–H groups in total. The number of nitrogens with zero attached hydrogens (tertiary/aromatic N) is 3. The van der Waals surface area contributed by atoms with E-state index in [1.54, 1.807) is 0 Å². The molecule has 0 radical (unpaired) electrons. The summed E-state index contributed by atoms with van der Waals surface area (Å²) in [5.74, 6) is 0. The number of aromatic amines is 1. The number of H-pyrrole nitrogens is 1. The van der Waals surface area contributed by atoms with E-state index in [9.17, 15) is 0 Å². The van der Waals surface area contributed by atoms with Crippen LogP contribution in [0.15, 0.2) is 24.3 Å². The highest BCUT2D eigenvalue weighted by Crippen LogP contribution is 2.21. The summed E-state index contributed by atoms with van der Waals surface area (Å²) in [6.45, 7) is 2.60. The Kier molecular flexibility index (Phi) is 2.95. The van der Waals surface area contributed by atoms with Crippen molar-refractivity contribution in [1.29, 1.82) is 0 Å². The molecule has 0 saturated carbocycles. The highest BCUT2D eigenvalue weighted by atomic mass is 35.5. The number of fused-ring (bicyclic) bond motifs is 1. The summed E-state index contributed by atoms with van der Waals surface area (Å²) < 4.78 is 4.55. The maximum absolute atomic E-state index is 6.21. The molecule has 0 spiro atoms. The van der Waals surface area contributed by atoms with Gasteiger partial charge in [0.1, 0.15) is 5.52 Å². The lowest BCUT2D eigenvalue weighted by Gasteiger charge is -2.06. The van der Waals surface area contributed by atoms with E-state index in [4.69, 9.17) is 23.8 Å². The van der Waals surface area contributed by atoms with E-state index < -0.39 is 0 Å². The number of hydrogen-bond donors (Lipinski definition) is 1. The van der Waals surface area contributed by atoms with Crippen molar-refractivity contribution in [3.05, 3.63) is 45.3 Å². The number of halogens is 1. The normalized spacial score (nSPS) is 11.3. The summed E-state index contributed by atoms with van der Waals surface area (Å²) in [4.78, 5) is 3.21. The molecule has 0 aliphatic carbocycles. The van der Waals surface area contributed by atoms with Gasteiger partial charge >= 0.3 is 0 Å². The number of aryl methyl sites for hydroxylation is 2. The summed E-state index contributed by atoms with van der Waals surface area (Å²) in [6, 6.07) is 7.79. The Hall–Kier alpha value is -1.59. The number of nitrogens with one attached hydrogen (secondary N) is 1. The Bertz CT molecular complexity index is 812. The first-order chi connectivity index (χ1) is 9.08. The van der Waals surface area contributed by atoms with Crippen LogP contribution in [0.5, 0.6) is 0 Å². The molecule has 3 aromatic rings. The predicted molar refractivity (Wildman–Crippen MR) is 79.2 cm³/mol. The predicted octanol–water partition coefficient (Wildman–Crippen LogP) is 3.44. The monoisotopic (exact) mass is 292 g/mol. The number of rotatable bonds is 2. The van der Waals surface area contributed by atoms with Gasteiger partial charge in [-0.15, -0.1) is 0 Å². The average Bonchev–Trinajstić information content (AvgIpc) is 2.82. The first-order valence-corrected chi connectivity index (χ1v) is 6.72. The van der Waals surface area contributed by atoms with Crippen LogP contribution in [0.2, 0.25) is 5.02 Å². The van der Waals surface area contributed by atoms with Crippen molar-refractivity contribution >= 4 is 35.0 Å². The van der Waals surface area contributed by atoms with Gasteiger partial charge in [0, 0.05) is 12.1 Å². The standard InChI is InChI=1S/C13H13ClN4S/c1-8-11-12(17(2)16-8)18(13(19)15-11)7-9-5-3-4-6-10(9)14/h3-6H,7H2,1-2H3,(H,15,19). The van der Waals surface area contributed by atoms with Gasteiger partial charge in [-0.2, -0.15) is 5.10 Å². The lowest BCUT2D eigenvalue weighted by molar-refractivity contribution is 0.715. The van der Waals surface area contributed by atoms with Gasteiger partial charge in [0.15, 0.2) is 10.4 Å².